The lowest BCUT2D eigenvalue weighted by Gasteiger charge is -2.25. The highest BCUT2D eigenvalue weighted by atomic mass is 35.5. The van der Waals surface area contributed by atoms with E-state index < -0.39 is 67.6 Å². The van der Waals surface area contributed by atoms with Gasteiger partial charge in [0.05, 0.1) is 38.7 Å². The first kappa shape index (κ1) is 34.0. The summed E-state index contributed by atoms with van der Waals surface area (Å²) in [7, 11) is -2.68. The number of nitrogen functional groups attached to an aromatic ring is 1. The molecule has 0 aromatic heterocycles. The Morgan fingerprint density at radius 2 is 1.91 bits per heavy atom. The molecule has 0 unspecified atom stereocenters. The number of carbonyl (C=O) groups is 2. The molecule has 2 aromatic rings. The number of nitrogens with one attached hydrogen (secondary N) is 1. The van der Waals surface area contributed by atoms with Crippen molar-refractivity contribution in [2.24, 2.45) is 0 Å². The van der Waals surface area contributed by atoms with Crippen molar-refractivity contribution in [1.82, 2.24) is 10.2 Å². The highest BCUT2D eigenvalue weighted by Crippen LogP contribution is 2.39. The number of alkyl carbamates (subject to hydrolysis) is 1. The first-order valence-electron chi connectivity index (χ1n) is 13.2. The topological polar surface area (TPSA) is 146 Å². The van der Waals surface area contributed by atoms with Crippen LogP contribution in [-0.2, 0) is 27.3 Å². The molecule has 234 valence electrons. The van der Waals surface area contributed by atoms with Crippen molar-refractivity contribution >= 4 is 44.8 Å². The minimum Gasteiger partial charge on any atom is -0.444 e. The molecular weight excluding hydrogens is 611 g/mol. The number of rotatable bonds is 7. The molecule has 1 atom stereocenters. The number of nitrogens with zero attached hydrogens (tertiary/aromatic N) is 3. The third kappa shape index (κ3) is 7.90. The fourth-order valence-corrected chi connectivity index (χ4v) is 5.98. The number of likely N-dealkylation sites (tertiary alicyclic amines) is 1. The van der Waals surface area contributed by atoms with Crippen molar-refractivity contribution in [2.75, 3.05) is 36.5 Å². The number of sulfone groups is 1. The molecule has 0 saturated carbocycles. The average Bonchev–Trinajstić information content (AvgIpc) is 3.32. The summed E-state index contributed by atoms with van der Waals surface area (Å²) in [6.07, 6.45) is -5.19. The molecule has 15 heteroatoms. The van der Waals surface area contributed by atoms with Crippen LogP contribution in [-0.4, -0.2) is 62.9 Å². The number of benzene rings is 2. The summed E-state index contributed by atoms with van der Waals surface area (Å²) in [5.41, 5.74) is 2.00. The quantitative estimate of drug-likeness (QED) is 0.402. The lowest BCUT2D eigenvalue weighted by atomic mass is 9.94. The standard InChI is InChI=1S/C28H33ClF3N5O5S/c1-6-43(40,41)23-8-7-16(29)11-22(23)36(5)25(38)18-12-21(28(30,31)32)20(19(13-33)24(18)34)15-37-10-9-17(14-37)35-26(39)42-27(2,3)4/h7-8,11-12,17H,6,9-10,14-15,34H2,1-5H3,(H,35,39)/t17-/m1/s1. The predicted octanol–water partition coefficient (Wildman–Crippen LogP) is 4.98. The minimum atomic E-state index is -4.97. The van der Waals surface area contributed by atoms with Crippen LogP contribution in [0.1, 0.15) is 61.2 Å². The molecule has 1 aliphatic rings. The van der Waals surface area contributed by atoms with Crippen molar-refractivity contribution in [1.29, 1.82) is 5.26 Å². The molecule has 0 spiro atoms. The van der Waals surface area contributed by atoms with E-state index in [0.29, 0.717) is 19.0 Å². The van der Waals surface area contributed by atoms with Crippen molar-refractivity contribution in [3.05, 3.63) is 51.5 Å². The van der Waals surface area contributed by atoms with Gasteiger partial charge in [0.25, 0.3) is 5.91 Å². The van der Waals surface area contributed by atoms with Gasteiger partial charge in [0.1, 0.15) is 11.7 Å². The van der Waals surface area contributed by atoms with Crippen LogP contribution in [0.15, 0.2) is 29.2 Å². The van der Waals surface area contributed by atoms with E-state index >= 15 is 0 Å². The van der Waals surface area contributed by atoms with Gasteiger partial charge in [-0.2, -0.15) is 18.4 Å². The van der Waals surface area contributed by atoms with E-state index in [1.165, 1.54) is 32.2 Å². The Labute approximate surface area is 253 Å². The molecule has 0 radical (unpaired) electrons. The van der Waals surface area contributed by atoms with Gasteiger partial charge in [-0.3, -0.25) is 9.69 Å². The van der Waals surface area contributed by atoms with Crippen LogP contribution in [0.5, 0.6) is 0 Å². The minimum absolute atomic E-state index is 0.0896. The molecule has 43 heavy (non-hydrogen) atoms. The largest absolute Gasteiger partial charge is 0.444 e. The van der Waals surface area contributed by atoms with Gasteiger partial charge in [-0.1, -0.05) is 18.5 Å². The first-order valence-corrected chi connectivity index (χ1v) is 15.3. The van der Waals surface area contributed by atoms with Crippen LogP contribution >= 0.6 is 11.6 Å². The van der Waals surface area contributed by atoms with Crippen molar-refractivity contribution in [3.8, 4) is 6.07 Å². The Morgan fingerprint density at radius 3 is 2.47 bits per heavy atom. The number of alkyl halides is 3. The Kier molecular flexibility index (Phi) is 9.95. The van der Waals surface area contributed by atoms with Crippen LogP contribution in [0.3, 0.4) is 0 Å². The van der Waals surface area contributed by atoms with Crippen molar-refractivity contribution in [2.45, 2.75) is 63.4 Å². The third-order valence-electron chi connectivity index (χ3n) is 6.80. The highest BCUT2D eigenvalue weighted by Gasteiger charge is 2.39. The molecule has 0 aliphatic carbocycles. The number of ether oxygens (including phenoxy) is 1. The van der Waals surface area contributed by atoms with E-state index in [4.69, 9.17) is 22.1 Å². The van der Waals surface area contributed by atoms with Gasteiger partial charge < -0.3 is 20.7 Å². The van der Waals surface area contributed by atoms with E-state index in [0.717, 1.165) is 4.90 Å². The summed E-state index contributed by atoms with van der Waals surface area (Å²) in [5.74, 6) is -1.37. The molecule has 2 amide bonds. The van der Waals surface area contributed by atoms with E-state index in [-0.39, 0.29) is 34.4 Å². The van der Waals surface area contributed by atoms with Crippen molar-refractivity contribution in [3.63, 3.8) is 0 Å². The second-order valence-electron chi connectivity index (χ2n) is 11.1. The van der Waals surface area contributed by atoms with Crippen LogP contribution in [0, 0.1) is 11.3 Å². The average molecular weight is 644 g/mol. The smallest absolute Gasteiger partial charge is 0.416 e. The number of halogens is 4. The molecular formula is C28H33ClF3N5O5S. The maximum absolute atomic E-state index is 14.4. The number of nitrogens with two attached hydrogens (primary N) is 1. The third-order valence-corrected chi connectivity index (χ3v) is 8.81. The molecule has 10 nitrogen and oxygen atoms in total. The van der Waals surface area contributed by atoms with Crippen LogP contribution < -0.4 is 16.0 Å². The van der Waals surface area contributed by atoms with E-state index in [1.807, 2.05) is 0 Å². The van der Waals surface area contributed by atoms with Gasteiger partial charge in [-0.05, 0) is 57.0 Å². The summed E-state index contributed by atoms with van der Waals surface area (Å²) in [6.45, 7) is 6.68. The number of carbonyl (C=O) groups excluding carboxylic acids is 2. The fourth-order valence-electron chi connectivity index (χ4n) is 4.72. The number of anilines is 2. The lowest BCUT2D eigenvalue weighted by molar-refractivity contribution is -0.138. The summed E-state index contributed by atoms with van der Waals surface area (Å²) < 4.78 is 73.8. The summed E-state index contributed by atoms with van der Waals surface area (Å²) >= 11 is 6.05. The SMILES string of the molecule is CCS(=O)(=O)c1ccc(Cl)cc1N(C)C(=O)c1cc(C(F)(F)F)c(CN2CC[C@@H](NC(=O)OC(C)(C)C)C2)c(C#N)c1N. The zero-order valence-electron chi connectivity index (χ0n) is 24.3. The number of hydrogen-bond donors (Lipinski definition) is 2. The summed E-state index contributed by atoms with van der Waals surface area (Å²) in [6, 6.07) is 5.63. The van der Waals surface area contributed by atoms with Crippen LogP contribution in [0.25, 0.3) is 0 Å². The maximum atomic E-state index is 14.4. The molecule has 1 saturated heterocycles. The molecule has 3 rings (SSSR count). The van der Waals surface area contributed by atoms with Gasteiger partial charge in [-0.25, -0.2) is 13.2 Å². The highest BCUT2D eigenvalue weighted by molar-refractivity contribution is 7.91. The van der Waals surface area contributed by atoms with Gasteiger partial charge in [-0.15, -0.1) is 0 Å². The monoisotopic (exact) mass is 643 g/mol. The summed E-state index contributed by atoms with van der Waals surface area (Å²) in [4.78, 5) is 27.9. The van der Waals surface area contributed by atoms with Crippen molar-refractivity contribution < 1.29 is 35.9 Å². The number of amides is 2. The molecule has 1 fully saturated rings. The predicted molar refractivity (Wildman–Crippen MR) is 156 cm³/mol. The van der Waals surface area contributed by atoms with E-state index in [2.05, 4.69) is 5.32 Å². The molecule has 3 N–H and O–H groups in total. The van der Waals surface area contributed by atoms with Gasteiger partial charge in [0.15, 0.2) is 9.84 Å². The Morgan fingerprint density at radius 1 is 1.26 bits per heavy atom. The normalized spacial score (nSPS) is 16.0. The summed E-state index contributed by atoms with van der Waals surface area (Å²) in [5, 5.41) is 12.7. The Bertz CT molecular complexity index is 1570. The van der Waals surface area contributed by atoms with Crippen LogP contribution in [0.4, 0.5) is 29.3 Å². The van der Waals surface area contributed by atoms with Gasteiger partial charge in [0, 0.05) is 37.7 Å². The molecule has 1 heterocycles. The lowest BCUT2D eigenvalue weighted by Crippen LogP contribution is -2.40. The molecule has 1 aliphatic heterocycles. The zero-order valence-corrected chi connectivity index (χ0v) is 25.9. The maximum Gasteiger partial charge on any atom is 0.416 e. The number of nitriles is 1. The zero-order chi connectivity index (χ0) is 32.5. The molecule has 2 aromatic carbocycles. The van der Waals surface area contributed by atoms with Gasteiger partial charge in [0.2, 0.25) is 0 Å². The van der Waals surface area contributed by atoms with E-state index in [1.54, 1.807) is 31.7 Å². The van der Waals surface area contributed by atoms with Crippen LogP contribution in [0.2, 0.25) is 5.02 Å². The second kappa shape index (κ2) is 12.6. The molecule has 0 bridgehead atoms. The number of hydrogen-bond acceptors (Lipinski definition) is 8. The van der Waals surface area contributed by atoms with Gasteiger partial charge >= 0.3 is 12.3 Å². The Balaban J connectivity index is 2.00. The second-order valence-corrected chi connectivity index (χ2v) is 13.8. The Hall–Kier alpha value is -3.54. The first-order chi connectivity index (χ1) is 19.8. The fraction of sp³-hybridized carbons (Fsp3) is 0.464. The van der Waals surface area contributed by atoms with E-state index in [9.17, 15) is 36.4 Å².